The fourth-order valence-electron chi connectivity index (χ4n) is 0.953. The van der Waals surface area contributed by atoms with Crippen LogP contribution in [0.2, 0.25) is 5.02 Å². The number of hydrogen-bond donors (Lipinski definition) is 1. The van der Waals surface area contributed by atoms with E-state index in [1.165, 1.54) is 0 Å². The van der Waals surface area contributed by atoms with E-state index in [4.69, 9.17) is 16.8 Å². The monoisotopic (exact) mass is 183 g/mol. The van der Waals surface area contributed by atoms with Crippen LogP contribution in [0.15, 0.2) is 29.4 Å². The molecule has 0 aliphatic carbocycles. The fourth-order valence-corrected chi connectivity index (χ4v) is 1.16. The Morgan fingerprint density at radius 2 is 2.17 bits per heavy atom. The molecule has 0 atom stereocenters. The Morgan fingerprint density at radius 3 is 2.75 bits per heavy atom. The topological polar surface area (TPSA) is 32.6 Å². The van der Waals surface area contributed by atoms with Crippen molar-refractivity contribution in [3.05, 3.63) is 34.9 Å². The Kier molecular flexibility index (Phi) is 3.11. The Morgan fingerprint density at radius 1 is 1.50 bits per heavy atom. The molecular weight excluding hydrogens is 174 g/mol. The molecule has 0 spiro atoms. The molecule has 2 nitrogen and oxygen atoms in total. The Balaban J connectivity index is 2.82. The molecule has 0 aliphatic heterocycles. The average molecular weight is 184 g/mol. The summed E-state index contributed by atoms with van der Waals surface area (Å²) in [4.78, 5) is 0. The second-order valence-corrected chi connectivity index (χ2v) is 3.01. The number of rotatable bonds is 2. The highest BCUT2D eigenvalue weighted by Crippen LogP contribution is 2.15. The molecule has 0 aromatic heterocycles. The SMILES string of the molecule is C/C(Cc1ccccc1Cl)=N/O. The van der Waals surface area contributed by atoms with Crippen LogP contribution in [-0.2, 0) is 6.42 Å². The van der Waals surface area contributed by atoms with Crippen LogP contribution in [0.3, 0.4) is 0 Å². The van der Waals surface area contributed by atoms with Gasteiger partial charge in [-0.3, -0.25) is 0 Å². The summed E-state index contributed by atoms with van der Waals surface area (Å²) in [7, 11) is 0. The minimum atomic E-state index is 0.593. The second-order valence-electron chi connectivity index (χ2n) is 2.60. The fraction of sp³-hybridized carbons (Fsp3) is 0.222. The van der Waals surface area contributed by atoms with Crippen LogP contribution in [0.25, 0.3) is 0 Å². The Hall–Kier alpha value is -1.02. The highest BCUT2D eigenvalue weighted by atomic mass is 35.5. The van der Waals surface area contributed by atoms with Crippen molar-refractivity contribution in [3.63, 3.8) is 0 Å². The van der Waals surface area contributed by atoms with Crippen molar-refractivity contribution >= 4 is 17.3 Å². The number of benzene rings is 1. The summed E-state index contributed by atoms with van der Waals surface area (Å²) in [5.74, 6) is 0. The van der Waals surface area contributed by atoms with Crippen LogP contribution in [0.4, 0.5) is 0 Å². The van der Waals surface area contributed by atoms with Crippen LogP contribution in [0, 0.1) is 0 Å². The van der Waals surface area contributed by atoms with Crippen molar-refractivity contribution in [1.29, 1.82) is 0 Å². The molecule has 0 radical (unpaired) electrons. The number of hydrogen-bond acceptors (Lipinski definition) is 2. The van der Waals surface area contributed by atoms with E-state index in [1.807, 2.05) is 24.3 Å². The molecule has 12 heavy (non-hydrogen) atoms. The van der Waals surface area contributed by atoms with Crippen LogP contribution >= 0.6 is 11.6 Å². The molecule has 1 N–H and O–H groups in total. The van der Waals surface area contributed by atoms with E-state index in [-0.39, 0.29) is 0 Å². The van der Waals surface area contributed by atoms with Gasteiger partial charge in [-0.25, -0.2) is 0 Å². The standard InChI is InChI=1S/C9H10ClNO/c1-7(11-12)6-8-4-2-3-5-9(8)10/h2-5,12H,6H2,1H3/b11-7-. The first-order valence-corrected chi connectivity index (χ1v) is 4.03. The summed E-state index contributed by atoms with van der Waals surface area (Å²) in [6, 6.07) is 7.52. The molecule has 0 saturated heterocycles. The maximum absolute atomic E-state index is 8.43. The van der Waals surface area contributed by atoms with E-state index in [0.29, 0.717) is 17.2 Å². The lowest BCUT2D eigenvalue weighted by Gasteiger charge is -2.01. The molecule has 1 aromatic rings. The van der Waals surface area contributed by atoms with Gasteiger partial charge in [0, 0.05) is 11.4 Å². The zero-order valence-electron chi connectivity index (χ0n) is 6.79. The number of oxime groups is 1. The molecule has 0 aliphatic rings. The molecule has 3 heteroatoms. The predicted molar refractivity (Wildman–Crippen MR) is 50.1 cm³/mol. The molecule has 0 unspecified atom stereocenters. The first kappa shape index (κ1) is 9.07. The van der Waals surface area contributed by atoms with Gasteiger partial charge in [-0.05, 0) is 18.6 Å². The molecular formula is C9H10ClNO. The maximum atomic E-state index is 8.43. The van der Waals surface area contributed by atoms with Crippen molar-refractivity contribution in [3.8, 4) is 0 Å². The van der Waals surface area contributed by atoms with Gasteiger partial charge in [0.25, 0.3) is 0 Å². The summed E-state index contributed by atoms with van der Waals surface area (Å²) in [6.45, 7) is 1.75. The van der Waals surface area contributed by atoms with Crippen molar-refractivity contribution in [2.75, 3.05) is 0 Å². The van der Waals surface area contributed by atoms with Crippen molar-refractivity contribution in [2.45, 2.75) is 13.3 Å². The van der Waals surface area contributed by atoms with E-state index in [1.54, 1.807) is 6.92 Å². The van der Waals surface area contributed by atoms with Crippen molar-refractivity contribution < 1.29 is 5.21 Å². The summed E-state index contributed by atoms with van der Waals surface area (Å²) < 4.78 is 0. The molecule has 0 bridgehead atoms. The van der Waals surface area contributed by atoms with Gasteiger partial charge in [-0.1, -0.05) is 35.0 Å². The molecule has 0 heterocycles. The highest BCUT2D eigenvalue weighted by molar-refractivity contribution is 6.31. The van der Waals surface area contributed by atoms with Crippen LogP contribution in [0.1, 0.15) is 12.5 Å². The minimum Gasteiger partial charge on any atom is -0.411 e. The van der Waals surface area contributed by atoms with Gasteiger partial charge < -0.3 is 5.21 Å². The Bertz CT molecular complexity index is 296. The molecule has 1 rings (SSSR count). The zero-order valence-corrected chi connectivity index (χ0v) is 7.54. The van der Waals surface area contributed by atoms with E-state index in [9.17, 15) is 0 Å². The summed E-state index contributed by atoms with van der Waals surface area (Å²) >= 11 is 5.89. The summed E-state index contributed by atoms with van der Waals surface area (Å²) in [5.41, 5.74) is 1.64. The minimum absolute atomic E-state index is 0.593. The van der Waals surface area contributed by atoms with Crippen LogP contribution in [-0.4, -0.2) is 10.9 Å². The zero-order chi connectivity index (χ0) is 8.97. The maximum Gasteiger partial charge on any atom is 0.0584 e. The normalized spacial score (nSPS) is 11.7. The van der Waals surface area contributed by atoms with Gasteiger partial charge in [0.05, 0.1) is 5.71 Å². The molecule has 0 saturated carbocycles. The second kappa shape index (κ2) is 4.12. The van der Waals surface area contributed by atoms with Crippen molar-refractivity contribution in [2.24, 2.45) is 5.16 Å². The van der Waals surface area contributed by atoms with Gasteiger partial charge in [0.2, 0.25) is 0 Å². The number of halogens is 1. The van der Waals surface area contributed by atoms with E-state index >= 15 is 0 Å². The Labute approximate surface area is 76.5 Å². The van der Waals surface area contributed by atoms with Crippen LogP contribution < -0.4 is 0 Å². The quantitative estimate of drug-likeness (QED) is 0.427. The van der Waals surface area contributed by atoms with E-state index in [2.05, 4.69) is 5.16 Å². The van der Waals surface area contributed by atoms with E-state index in [0.717, 1.165) is 5.56 Å². The van der Waals surface area contributed by atoms with Gasteiger partial charge in [-0.15, -0.1) is 0 Å². The number of nitrogens with zero attached hydrogens (tertiary/aromatic N) is 1. The lowest BCUT2D eigenvalue weighted by atomic mass is 10.1. The lowest BCUT2D eigenvalue weighted by molar-refractivity contribution is 0.317. The average Bonchev–Trinajstić information content (AvgIpc) is 2.09. The van der Waals surface area contributed by atoms with E-state index < -0.39 is 0 Å². The summed E-state index contributed by atoms with van der Waals surface area (Å²) in [5, 5.41) is 12.2. The van der Waals surface area contributed by atoms with Crippen LogP contribution in [0.5, 0.6) is 0 Å². The third-order valence-electron chi connectivity index (χ3n) is 1.57. The molecule has 0 amide bonds. The summed E-state index contributed by atoms with van der Waals surface area (Å²) in [6.07, 6.45) is 0.593. The van der Waals surface area contributed by atoms with Gasteiger partial charge in [0.1, 0.15) is 0 Å². The molecule has 0 fully saturated rings. The van der Waals surface area contributed by atoms with Gasteiger partial charge in [0.15, 0.2) is 0 Å². The molecule has 1 aromatic carbocycles. The molecule has 64 valence electrons. The smallest absolute Gasteiger partial charge is 0.0584 e. The predicted octanol–water partition coefficient (Wildman–Crippen LogP) is 2.73. The van der Waals surface area contributed by atoms with Gasteiger partial charge in [-0.2, -0.15) is 0 Å². The lowest BCUT2D eigenvalue weighted by Crippen LogP contribution is -1.97. The van der Waals surface area contributed by atoms with Crippen molar-refractivity contribution in [1.82, 2.24) is 0 Å². The van der Waals surface area contributed by atoms with Gasteiger partial charge >= 0.3 is 0 Å². The first-order chi connectivity index (χ1) is 5.74. The third kappa shape index (κ3) is 2.24. The third-order valence-corrected chi connectivity index (χ3v) is 1.94. The largest absolute Gasteiger partial charge is 0.411 e. The first-order valence-electron chi connectivity index (χ1n) is 3.65. The highest BCUT2D eigenvalue weighted by Gasteiger charge is 2.00.